The van der Waals surface area contributed by atoms with Crippen LogP contribution in [0.4, 0.5) is 4.39 Å². The van der Waals surface area contributed by atoms with Crippen molar-refractivity contribution in [3.05, 3.63) is 83.7 Å². The van der Waals surface area contributed by atoms with Crippen molar-refractivity contribution in [3.63, 3.8) is 0 Å². The maximum Gasteiger partial charge on any atom is 0.328 e. The van der Waals surface area contributed by atoms with E-state index in [1.807, 2.05) is 42.5 Å². The van der Waals surface area contributed by atoms with Crippen molar-refractivity contribution in [2.45, 2.75) is 31.8 Å². The van der Waals surface area contributed by atoms with Gasteiger partial charge in [0.1, 0.15) is 17.9 Å². The predicted octanol–water partition coefficient (Wildman–Crippen LogP) is 2.93. The Hall–Kier alpha value is -3.74. The molecule has 0 saturated heterocycles. The number of carbonyl (C=O) groups excluding carboxylic acids is 3. The lowest BCUT2D eigenvalue weighted by atomic mass is 10.0. The summed E-state index contributed by atoms with van der Waals surface area (Å²) in [7, 11) is 1.25. The number of methoxy groups -OCH3 is 1. The summed E-state index contributed by atoms with van der Waals surface area (Å²) in [6, 6.07) is 17.5. The van der Waals surface area contributed by atoms with Gasteiger partial charge in [0.05, 0.1) is 7.11 Å². The zero-order valence-electron chi connectivity index (χ0n) is 17.9. The van der Waals surface area contributed by atoms with E-state index >= 15 is 0 Å². The van der Waals surface area contributed by atoms with Gasteiger partial charge in [-0.25, -0.2) is 9.18 Å². The summed E-state index contributed by atoms with van der Waals surface area (Å²) in [6.07, 6.45) is 0.295. The first-order valence-corrected chi connectivity index (χ1v) is 10.2. The Kier molecular flexibility index (Phi) is 7.54. The van der Waals surface area contributed by atoms with E-state index in [1.165, 1.54) is 32.2 Å². The molecule has 7 heteroatoms. The van der Waals surface area contributed by atoms with E-state index in [9.17, 15) is 18.8 Å². The molecule has 0 unspecified atom stereocenters. The Morgan fingerprint density at radius 2 is 1.53 bits per heavy atom. The van der Waals surface area contributed by atoms with Crippen LogP contribution in [0.2, 0.25) is 0 Å². The number of benzene rings is 3. The SMILES string of the molecule is COC(=O)[C@@H](Cc1ccc2ccccc2c1)NC(=O)[C@H](Cc1cccc(F)c1)NC(C)=O. The second kappa shape index (κ2) is 10.5. The van der Waals surface area contributed by atoms with E-state index in [0.717, 1.165) is 16.3 Å². The summed E-state index contributed by atoms with van der Waals surface area (Å²) in [4.78, 5) is 37.0. The number of hydrogen-bond acceptors (Lipinski definition) is 4. The summed E-state index contributed by atoms with van der Waals surface area (Å²) < 4.78 is 18.4. The average molecular weight is 436 g/mol. The van der Waals surface area contributed by atoms with Crippen LogP contribution in [0.3, 0.4) is 0 Å². The molecule has 0 aliphatic rings. The maximum atomic E-state index is 13.5. The van der Waals surface area contributed by atoms with Crippen LogP contribution in [0, 0.1) is 5.82 Å². The van der Waals surface area contributed by atoms with E-state index in [1.54, 1.807) is 6.07 Å². The molecule has 0 fully saturated rings. The van der Waals surface area contributed by atoms with Gasteiger partial charge >= 0.3 is 5.97 Å². The van der Waals surface area contributed by atoms with Crippen LogP contribution in [-0.2, 0) is 32.0 Å². The van der Waals surface area contributed by atoms with Crippen LogP contribution < -0.4 is 10.6 Å². The molecule has 6 nitrogen and oxygen atoms in total. The summed E-state index contributed by atoms with van der Waals surface area (Å²) in [5.74, 6) is -2.00. The molecular formula is C25H25FN2O4. The van der Waals surface area contributed by atoms with Gasteiger partial charge in [0, 0.05) is 19.8 Å². The van der Waals surface area contributed by atoms with E-state index in [2.05, 4.69) is 10.6 Å². The third kappa shape index (κ3) is 6.14. The molecule has 3 aromatic rings. The van der Waals surface area contributed by atoms with E-state index < -0.39 is 35.7 Å². The van der Waals surface area contributed by atoms with Crippen LogP contribution in [0.1, 0.15) is 18.1 Å². The second-order valence-corrected chi connectivity index (χ2v) is 7.56. The normalized spacial score (nSPS) is 12.6. The summed E-state index contributed by atoms with van der Waals surface area (Å²) in [5.41, 5.74) is 1.39. The predicted molar refractivity (Wildman–Crippen MR) is 119 cm³/mol. The number of nitrogens with one attached hydrogen (secondary N) is 2. The molecule has 2 amide bonds. The van der Waals surface area contributed by atoms with Gasteiger partial charge in [-0.15, -0.1) is 0 Å². The first-order valence-electron chi connectivity index (χ1n) is 10.2. The number of ether oxygens (including phenoxy) is 1. The highest BCUT2D eigenvalue weighted by Gasteiger charge is 2.27. The molecule has 0 aromatic heterocycles. The minimum Gasteiger partial charge on any atom is -0.467 e. The molecule has 2 N–H and O–H groups in total. The lowest BCUT2D eigenvalue weighted by Crippen LogP contribution is -2.53. The summed E-state index contributed by atoms with van der Waals surface area (Å²) >= 11 is 0. The third-order valence-corrected chi connectivity index (χ3v) is 5.08. The molecule has 3 aromatic carbocycles. The first-order chi connectivity index (χ1) is 15.4. The Balaban J connectivity index is 1.78. The van der Waals surface area contributed by atoms with Crippen LogP contribution in [0.15, 0.2) is 66.7 Å². The summed E-state index contributed by atoms with van der Waals surface area (Å²) in [6.45, 7) is 1.29. The molecule has 0 radical (unpaired) electrons. The fourth-order valence-electron chi connectivity index (χ4n) is 3.56. The molecular weight excluding hydrogens is 411 g/mol. The largest absolute Gasteiger partial charge is 0.467 e. The zero-order valence-corrected chi connectivity index (χ0v) is 17.9. The minimum absolute atomic E-state index is 0.0764. The van der Waals surface area contributed by atoms with Crippen LogP contribution in [-0.4, -0.2) is 37.0 Å². The number of esters is 1. The minimum atomic E-state index is -0.974. The number of amides is 2. The van der Waals surface area contributed by atoms with Crippen LogP contribution in [0.25, 0.3) is 10.8 Å². The van der Waals surface area contributed by atoms with Gasteiger partial charge in [0.25, 0.3) is 0 Å². The maximum absolute atomic E-state index is 13.5. The highest BCUT2D eigenvalue weighted by molar-refractivity contribution is 5.91. The quantitative estimate of drug-likeness (QED) is 0.532. The molecule has 0 spiro atoms. The van der Waals surface area contributed by atoms with E-state index in [0.29, 0.717) is 5.56 Å². The number of fused-ring (bicyclic) bond motifs is 1. The Morgan fingerprint density at radius 1 is 0.844 bits per heavy atom. The van der Waals surface area contributed by atoms with Crippen molar-refractivity contribution >= 4 is 28.6 Å². The summed E-state index contributed by atoms with van der Waals surface area (Å²) in [5, 5.41) is 7.34. The van der Waals surface area contributed by atoms with Crippen LogP contribution in [0.5, 0.6) is 0 Å². The standard InChI is InChI=1S/C25H25FN2O4/c1-16(29)27-22(14-17-6-5-9-21(26)13-17)24(30)28-23(25(31)32-2)15-18-10-11-19-7-3-4-8-20(19)12-18/h3-13,22-23H,14-15H2,1-2H3,(H,27,29)(H,28,30)/t22-,23+/m0/s1. The molecule has 0 bridgehead atoms. The number of carbonyl (C=O) groups is 3. The molecule has 0 aliphatic heterocycles. The van der Waals surface area contributed by atoms with Gasteiger partial charge in [-0.1, -0.05) is 54.6 Å². The van der Waals surface area contributed by atoms with Gasteiger partial charge in [-0.05, 0) is 34.0 Å². The molecule has 3 rings (SSSR count). The topological polar surface area (TPSA) is 84.5 Å². The molecule has 0 aliphatic carbocycles. The molecule has 166 valence electrons. The monoisotopic (exact) mass is 436 g/mol. The third-order valence-electron chi connectivity index (χ3n) is 5.08. The second-order valence-electron chi connectivity index (χ2n) is 7.56. The highest BCUT2D eigenvalue weighted by atomic mass is 19.1. The molecule has 32 heavy (non-hydrogen) atoms. The number of hydrogen-bond donors (Lipinski definition) is 2. The number of halogens is 1. The zero-order chi connectivity index (χ0) is 23.1. The fraction of sp³-hybridized carbons (Fsp3) is 0.240. The first kappa shape index (κ1) is 22.9. The van der Waals surface area contributed by atoms with Gasteiger partial charge in [0.2, 0.25) is 11.8 Å². The van der Waals surface area contributed by atoms with Crippen molar-refractivity contribution in [2.75, 3.05) is 7.11 Å². The van der Waals surface area contributed by atoms with E-state index in [-0.39, 0.29) is 12.8 Å². The van der Waals surface area contributed by atoms with E-state index in [4.69, 9.17) is 4.74 Å². The van der Waals surface area contributed by atoms with Crippen molar-refractivity contribution < 1.29 is 23.5 Å². The number of rotatable bonds is 8. The average Bonchev–Trinajstić information content (AvgIpc) is 2.77. The highest BCUT2D eigenvalue weighted by Crippen LogP contribution is 2.17. The Morgan fingerprint density at radius 3 is 2.22 bits per heavy atom. The van der Waals surface area contributed by atoms with Gasteiger partial charge in [-0.2, -0.15) is 0 Å². The van der Waals surface area contributed by atoms with Crippen molar-refractivity contribution in [1.82, 2.24) is 10.6 Å². The fourth-order valence-corrected chi connectivity index (χ4v) is 3.56. The lowest BCUT2D eigenvalue weighted by Gasteiger charge is -2.22. The Labute approximate surface area is 185 Å². The van der Waals surface area contributed by atoms with Crippen molar-refractivity contribution in [3.8, 4) is 0 Å². The van der Waals surface area contributed by atoms with Crippen molar-refractivity contribution in [2.24, 2.45) is 0 Å². The van der Waals surface area contributed by atoms with Crippen LogP contribution >= 0.6 is 0 Å². The Bertz CT molecular complexity index is 1130. The smallest absolute Gasteiger partial charge is 0.328 e. The molecule has 0 heterocycles. The lowest BCUT2D eigenvalue weighted by molar-refractivity contribution is -0.145. The van der Waals surface area contributed by atoms with Gasteiger partial charge < -0.3 is 15.4 Å². The van der Waals surface area contributed by atoms with Crippen molar-refractivity contribution in [1.29, 1.82) is 0 Å². The molecule has 0 saturated carbocycles. The van der Waals surface area contributed by atoms with Gasteiger partial charge in [0.15, 0.2) is 0 Å². The molecule has 2 atom stereocenters. The van der Waals surface area contributed by atoms with Gasteiger partial charge in [-0.3, -0.25) is 9.59 Å².